The maximum Gasteiger partial charge on any atom is 0.435 e. The Balaban J connectivity index is 0.000000210. The molecule has 0 aliphatic rings. The molecule has 2 heterocycles. The lowest BCUT2D eigenvalue weighted by Gasteiger charge is -2.01. The number of nitrogens with two attached hydrogens (primary N) is 1. The van der Waals surface area contributed by atoms with Crippen LogP contribution >= 0.6 is 11.6 Å². The van der Waals surface area contributed by atoms with E-state index in [0.717, 1.165) is 16.7 Å². The van der Waals surface area contributed by atoms with Crippen molar-refractivity contribution in [2.24, 2.45) is 7.05 Å². The largest absolute Gasteiger partial charge is 0.435 e. The third kappa shape index (κ3) is 8.42. The monoisotopic (exact) mass is 474 g/mol. The van der Waals surface area contributed by atoms with Crippen LogP contribution in [-0.2, 0) is 13.2 Å². The van der Waals surface area contributed by atoms with Crippen molar-refractivity contribution in [1.82, 2.24) is 14.8 Å². The van der Waals surface area contributed by atoms with Gasteiger partial charge in [-0.1, -0.05) is 54.1 Å². The van der Waals surface area contributed by atoms with Gasteiger partial charge in [-0.15, -0.1) is 0 Å². The number of alkyl halides is 3. The lowest BCUT2D eigenvalue weighted by molar-refractivity contribution is -0.141. The fourth-order valence-corrected chi connectivity index (χ4v) is 2.73. The number of nitrogens with zero attached hydrogens (tertiary/aromatic N) is 3. The van der Waals surface area contributed by atoms with Crippen molar-refractivity contribution in [3.05, 3.63) is 101 Å². The summed E-state index contributed by atoms with van der Waals surface area (Å²) in [5.74, 6) is 0.588. The number of hydrogen-bond acceptors (Lipinski definition) is 4. The Kier molecular flexibility index (Phi) is 9.18. The molecule has 0 aliphatic carbocycles. The molecule has 4 rings (SSSR count). The molecule has 0 unspecified atom stereocenters. The first-order chi connectivity index (χ1) is 15.6. The van der Waals surface area contributed by atoms with Crippen LogP contribution in [0.3, 0.4) is 0 Å². The minimum Gasteiger partial charge on any atom is -0.384 e. The average Bonchev–Trinajstić information content (AvgIpc) is 3.17. The second-order valence-corrected chi connectivity index (χ2v) is 7.27. The van der Waals surface area contributed by atoms with Crippen LogP contribution in [0.15, 0.2) is 79.0 Å². The molecule has 0 bridgehead atoms. The van der Waals surface area contributed by atoms with Gasteiger partial charge in [0.2, 0.25) is 0 Å². The molecule has 2 aromatic carbocycles. The Morgan fingerprint density at radius 3 is 2.03 bits per heavy atom. The zero-order valence-corrected chi connectivity index (χ0v) is 18.7. The first kappa shape index (κ1) is 25.6. The SMILES string of the molecule is Cc1ccnc(N)c1.Clc1ccccc1.Cn1nc(C(F)(F)F)cc1-c1ccc(C=O)cc1. The number of aldehydes is 1. The molecule has 0 spiro atoms. The van der Waals surface area contributed by atoms with Crippen molar-refractivity contribution in [2.45, 2.75) is 13.1 Å². The fraction of sp³-hybridized carbons (Fsp3) is 0.125. The second kappa shape index (κ2) is 11.8. The van der Waals surface area contributed by atoms with Gasteiger partial charge in [0.05, 0.1) is 5.69 Å². The van der Waals surface area contributed by atoms with Gasteiger partial charge in [-0.05, 0) is 48.4 Å². The number of aryl methyl sites for hydroxylation is 2. The van der Waals surface area contributed by atoms with Crippen LogP contribution in [0.5, 0.6) is 0 Å². The highest BCUT2D eigenvalue weighted by Crippen LogP contribution is 2.31. The van der Waals surface area contributed by atoms with Crippen molar-refractivity contribution < 1.29 is 18.0 Å². The van der Waals surface area contributed by atoms with Crippen LogP contribution in [-0.4, -0.2) is 21.1 Å². The van der Waals surface area contributed by atoms with Crippen molar-refractivity contribution >= 4 is 23.7 Å². The molecule has 5 nitrogen and oxygen atoms in total. The van der Waals surface area contributed by atoms with E-state index in [-0.39, 0.29) is 0 Å². The molecule has 0 atom stereocenters. The van der Waals surface area contributed by atoms with Crippen LogP contribution in [0.1, 0.15) is 21.6 Å². The first-order valence-electron chi connectivity index (χ1n) is 9.65. The van der Waals surface area contributed by atoms with Crippen LogP contribution < -0.4 is 5.73 Å². The standard InChI is InChI=1S/C12H9F3N2O.C6H5Cl.C6H8N2/c1-17-10(6-11(16-17)12(13,14)15)9-4-2-8(7-18)3-5-9;7-6-4-2-1-3-5-6;1-5-2-3-8-6(7)4-5/h2-7H,1H3;1-5H;2-4H,1H3,(H2,7,8). The first-order valence-corrected chi connectivity index (χ1v) is 10.0. The van der Waals surface area contributed by atoms with E-state index >= 15 is 0 Å². The van der Waals surface area contributed by atoms with Crippen molar-refractivity contribution in [1.29, 1.82) is 0 Å². The predicted molar refractivity (Wildman–Crippen MR) is 124 cm³/mol. The van der Waals surface area contributed by atoms with Crippen LogP contribution in [0, 0.1) is 6.92 Å². The molecule has 0 radical (unpaired) electrons. The van der Waals surface area contributed by atoms with Crippen LogP contribution in [0.2, 0.25) is 5.02 Å². The number of halogens is 4. The Bertz CT molecular complexity index is 1140. The number of rotatable bonds is 2. The van der Waals surface area contributed by atoms with E-state index in [1.165, 1.54) is 11.7 Å². The molecular formula is C24H22ClF3N4O. The maximum absolute atomic E-state index is 12.5. The fourth-order valence-electron chi connectivity index (χ4n) is 2.58. The molecule has 0 amide bonds. The third-order valence-corrected chi connectivity index (χ3v) is 4.43. The van der Waals surface area contributed by atoms with Gasteiger partial charge in [-0.3, -0.25) is 9.48 Å². The minimum absolute atomic E-state index is 0.347. The summed E-state index contributed by atoms with van der Waals surface area (Å²) in [6.45, 7) is 1.98. The van der Waals surface area contributed by atoms with E-state index in [4.69, 9.17) is 17.3 Å². The van der Waals surface area contributed by atoms with Crippen LogP contribution in [0.4, 0.5) is 19.0 Å². The zero-order valence-electron chi connectivity index (χ0n) is 17.9. The van der Waals surface area contributed by atoms with Gasteiger partial charge in [-0.2, -0.15) is 18.3 Å². The number of pyridine rings is 1. The van der Waals surface area contributed by atoms with Crippen molar-refractivity contribution in [3.8, 4) is 11.3 Å². The van der Waals surface area contributed by atoms with E-state index in [1.54, 1.807) is 30.5 Å². The number of aromatic nitrogens is 3. The third-order valence-electron chi connectivity index (χ3n) is 4.18. The lowest BCUT2D eigenvalue weighted by Crippen LogP contribution is -2.06. The predicted octanol–water partition coefficient (Wildman–Crippen LogP) is 6.23. The van der Waals surface area contributed by atoms with Gasteiger partial charge in [0, 0.05) is 23.8 Å². The minimum atomic E-state index is -4.46. The summed E-state index contributed by atoms with van der Waals surface area (Å²) in [7, 11) is 1.44. The zero-order chi connectivity index (χ0) is 24.4. The number of anilines is 1. The molecular weight excluding hydrogens is 453 g/mol. The highest BCUT2D eigenvalue weighted by molar-refractivity contribution is 6.30. The number of nitrogen functional groups attached to an aromatic ring is 1. The molecule has 2 N–H and O–H groups in total. The molecule has 0 saturated heterocycles. The van der Waals surface area contributed by atoms with E-state index in [2.05, 4.69) is 10.1 Å². The van der Waals surface area contributed by atoms with Crippen molar-refractivity contribution in [3.63, 3.8) is 0 Å². The van der Waals surface area contributed by atoms with Gasteiger partial charge in [0.15, 0.2) is 5.69 Å². The molecule has 0 fully saturated rings. The van der Waals surface area contributed by atoms with E-state index in [9.17, 15) is 18.0 Å². The van der Waals surface area contributed by atoms with Gasteiger partial charge in [-0.25, -0.2) is 4.98 Å². The van der Waals surface area contributed by atoms with E-state index < -0.39 is 11.9 Å². The molecule has 33 heavy (non-hydrogen) atoms. The number of benzene rings is 2. The highest BCUT2D eigenvalue weighted by Gasteiger charge is 2.34. The van der Waals surface area contributed by atoms with Gasteiger partial charge < -0.3 is 5.73 Å². The smallest absolute Gasteiger partial charge is 0.384 e. The molecule has 4 aromatic rings. The van der Waals surface area contributed by atoms with Gasteiger partial charge in [0.1, 0.15) is 12.1 Å². The number of carbonyl (C=O) groups excluding carboxylic acids is 1. The Labute approximate surface area is 194 Å². The summed E-state index contributed by atoms with van der Waals surface area (Å²) < 4.78 is 38.6. The Morgan fingerprint density at radius 2 is 1.64 bits per heavy atom. The summed E-state index contributed by atoms with van der Waals surface area (Å²) >= 11 is 5.54. The van der Waals surface area contributed by atoms with Gasteiger partial charge in [0.25, 0.3) is 0 Å². The molecule has 9 heteroatoms. The normalized spacial score (nSPS) is 10.4. The van der Waals surface area contributed by atoms with Crippen LogP contribution in [0.25, 0.3) is 11.3 Å². The van der Waals surface area contributed by atoms with Gasteiger partial charge >= 0.3 is 6.18 Å². The van der Waals surface area contributed by atoms with E-state index in [0.29, 0.717) is 28.9 Å². The maximum atomic E-state index is 12.5. The van der Waals surface area contributed by atoms with Crippen molar-refractivity contribution in [2.75, 3.05) is 5.73 Å². The Hall–Kier alpha value is -3.65. The average molecular weight is 475 g/mol. The number of carbonyl (C=O) groups is 1. The summed E-state index contributed by atoms with van der Waals surface area (Å²) in [5.41, 5.74) is 6.96. The number of hydrogen-bond donors (Lipinski definition) is 1. The topological polar surface area (TPSA) is 73.8 Å². The molecule has 0 saturated carbocycles. The lowest BCUT2D eigenvalue weighted by atomic mass is 10.1. The van der Waals surface area contributed by atoms with E-state index in [1.807, 2.05) is 49.4 Å². The Morgan fingerprint density at radius 1 is 1.00 bits per heavy atom. The summed E-state index contributed by atoms with van der Waals surface area (Å²) in [6.07, 6.45) is -2.09. The molecule has 2 aromatic heterocycles. The molecule has 172 valence electrons. The summed E-state index contributed by atoms with van der Waals surface area (Å²) in [4.78, 5) is 14.3. The second-order valence-electron chi connectivity index (χ2n) is 6.83. The quantitative estimate of drug-likeness (QED) is 0.349. The summed E-state index contributed by atoms with van der Waals surface area (Å²) in [5, 5.41) is 4.22. The highest BCUT2D eigenvalue weighted by atomic mass is 35.5. The molecule has 0 aliphatic heterocycles. The summed E-state index contributed by atoms with van der Waals surface area (Å²) in [6, 6.07) is 20.4.